The van der Waals surface area contributed by atoms with Crippen molar-refractivity contribution in [3.63, 3.8) is 0 Å². The summed E-state index contributed by atoms with van der Waals surface area (Å²) in [4.78, 5) is 0. The molecule has 0 spiro atoms. The summed E-state index contributed by atoms with van der Waals surface area (Å²) in [6.45, 7) is 6.83. The normalized spacial score (nSPS) is 43.8. The SMILES string of the molecule is CC[C@H](O)[C@H]1[C@@H]2CC[C@@H](C2)C1(C)C. The maximum absolute atomic E-state index is 10.0. The molecular weight excluding hydrogens is 160 g/mol. The van der Waals surface area contributed by atoms with Gasteiger partial charge in [-0.1, -0.05) is 20.8 Å². The topological polar surface area (TPSA) is 20.2 Å². The summed E-state index contributed by atoms with van der Waals surface area (Å²) in [5, 5.41) is 10.0. The molecule has 76 valence electrons. The Hall–Kier alpha value is -0.0400. The number of aliphatic hydroxyl groups is 1. The van der Waals surface area contributed by atoms with Crippen LogP contribution < -0.4 is 0 Å². The highest BCUT2D eigenvalue weighted by atomic mass is 16.3. The molecular formula is C12H22O. The molecule has 4 atom stereocenters. The maximum Gasteiger partial charge on any atom is 0.0573 e. The van der Waals surface area contributed by atoms with Crippen molar-refractivity contribution in [1.82, 2.24) is 0 Å². The van der Waals surface area contributed by atoms with Crippen LogP contribution in [-0.2, 0) is 0 Å². The lowest BCUT2D eigenvalue weighted by molar-refractivity contribution is -0.00394. The molecule has 1 heteroatoms. The first-order valence-electron chi connectivity index (χ1n) is 5.75. The second-order valence-electron chi connectivity index (χ2n) is 5.59. The highest BCUT2D eigenvalue weighted by Crippen LogP contribution is 2.60. The molecule has 1 nitrogen and oxygen atoms in total. The number of rotatable bonds is 2. The Labute approximate surface area is 81.5 Å². The molecule has 0 saturated heterocycles. The third kappa shape index (κ3) is 1.24. The molecule has 0 amide bonds. The van der Waals surface area contributed by atoms with Crippen LogP contribution in [0.5, 0.6) is 0 Å². The van der Waals surface area contributed by atoms with Crippen molar-refractivity contribution in [2.24, 2.45) is 23.2 Å². The van der Waals surface area contributed by atoms with Crippen molar-refractivity contribution >= 4 is 0 Å². The van der Waals surface area contributed by atoms with E-state index in [1.165, 1.54) is 19.3 Å². The van der Waals surface area contributed by atoms with Crippen molar-refractivity contribution < 1.29 is 5.11 Å². The van der Waals surface area contributed by atoms with E-state index < -0.39 is 0 Å². The maximum atomic E-state index is 10.0. The minimum Gasteiger partial charge on any atom is -0.393 e. The summed E-state index contributed by atoms with van der Waals surface area (Å²) in [7, 11) is 0. The number of fused-ring (bicyclic) bond motifs is 2. The zero-order valence-corrected chi connectivity index (χ0v) is 9.09. The summed E-state index contributed by atoms with van der Waals surface area (Å²) in [5.41, 5.74) is 0.401. The fraction of sp³-hybridized carbons (Fsp3) is 1.00. The minimum absolute atomic E-state index is 0.0506. The second kappa shape index (κ2) is 2.98. The van der Waals surface area contributed by atoms with Gasteiger partial charge in [-0.2, -0.15) is 0 Å². The van der Waals surface area contributed by atoms with E-state index in [-0.39, 0.29) is 6.10 Å². The van der Waals surface area contributed by atoms with E-state index in [4.69, 9.17) is 0 Å². The van der Waals surface area contributed by atoms with E-state index in [0.717, 1.165) is 18.3 Å². The Morgan fingerprint density at radius 2 is 2.08 bits per heavy atom. The van der Waals surface area contributed by atoms with Gasteiger partial charge in [0.15, 0.2) is 0 Å². The van der Waals surface area contributed by atoms with E-state index >= 15 is 0 Å². The van der Waals surface area contributed by atoms with Crippen molar-refractivity contribution in [3.05, 3.63) is 0 Å². The quantitative estimate of drug-likeness (QED) is 0.696. The molecule has 0 unspecified atom stereocenters. The van der Waals surface area contributed by atoms with Crippen LogP contribution in [0.3, 0.4) is 0 Å². The predicted molar refractivity (Wildman–Crippen MR) is 54.4 cm³/mol. The molecule has 2 fully saturated rings. The highest BCUT2D eigenvalue weighted by Gasteiger charge is 2.54. The van der Waals surface area contributed by atoms with Gasteiger partial charge in [0.05, 0.1) is 6.10 Å². The van der Waals surface area contributed by atoms with Crippen molar-refractivity contribution in [1.29, 1.82) is 0 Å². The van der Waals surface area contributed by atoms with Gasteiger partial charge in [0.2, 0.25) is 0 Å². The van der Waals surface area contributed by atoms with Crippen LogP contribution in [0.4, 0.5) is 0 Å². The van der Waals surface area contributed by atoms with Gasteiger partial charge >= 0.3 is 0 Å². The van der Waals surface area contributed by atoms with Crippen LogP contribution in [0.25, 0.3) is 0 Å². The van der Waals surface area contributed by atoms with E-state index in [9.17, 15) is 5.11 Å². The van der Waals surface area contributed by atoms with Gasteiger partial charge < -0.3 is 5.11 Å². The first-order valence-corrected chi connectivity index (χ1v) is 5.75. The van der Waals surface area contributed by atoms with Gasteiger partial charge in [-0.3, -0.25) is 0 Å². The molecule has 0 radical (unpaired) electrons. The lowest BCUT2D eigenvalue weighted by Crippen LogP contribution is -2.38. The van der Waals surface area contributed by atoms with Crippen LogP contribution >= 0.6 is 0 Å². The van der Waals surface area contributed by atoms with E-state index in [1.807, 2.05) is 0 Å². The molecule has 1 N–H and O–H groups in total. The molecule has 2 saturated carbocycles. The smallest absolute Gasteiger partial charge is 0.0573 e. The molecule has 0 heterocycles. The van der Waals surface area contributed by atoms with Crippen molar-refractivity contribution in [2.45, 2.75) is 52.6 Å². The van der Waals surface area contributed by atoms with Gasteiger partial charge in [0.25, 0.3) is 0 Å². The van der Waals surface area contributed by atoms with Crippen LogP contribution in [-0.4, -0.2) is 11.2 Å². The third-order valence-corrected chi connectivity index (χ3v) is 4.73. The molecule has 2 aliphatic carbocycles. The van der Waals surface area contributed by atoms with Crippen molar-refractivity contribution in [2.75, 3.05) is 0 Å². The van der Waals surface area contributed by atoms with Crippen LogP contribution in [0.15, 0.2) is 0 Å². The summed E-state index contributed by atoms with van der Waals surface area (Å²) in [5.74, 6) is 2.30. The Morgan fingerprint density at radius 1 is 1.38 bits per heavy atom. The van der Waals surface area contributed by atoms with Crippen LogP contribution in [0.1, 0.15) is 46.5 Å². The number of aliphatic hydroxyl groups excluding tert-OH is 1. The summed E-state index contributed by atoms with van der Waals surface area (Å²) in [6, 6.07) is 0. The predicted octanol–water partition coefficient (Wildman–Crippen LogP) is 2.83. The standard InChI is InChI=1S/C12H22O/c1-4-10(13)11-8-5-6-9(7-8)12(11,2)3/h8-11,13H,4-7H2,1-3H3/t8-,9+,10+,11-/m1/s1. The van der Waals surface area contributed by atoms with Gasteiger partial charge in [-0.15, -0.1) is 0 Å². The molecule has 2 bridgehead atoms. The van der Waals surface area contributed by atoms with Gasteiger partial charge in [0.1, 0.15) is 0 Å². The molecule has 0 aromatic rings. The molecule has 0 aromatic carbocycles. The zero-order chi connectivity index (χ0) is 9.64. The van der Waals surface area contributed by atoms with Crippen LogP contribution in [0, 0.1) is 23.2 Å². The Morgan fingerprint density at radius 3 is 2.54 bits per heavy atom. The monoisotopic (exact) mass is 182 g/mol. The lowest BCUT2D eigenvalue weighted by Gasteiger charge is -2.40. The number of hydrogen-bond donors (Lipinski definition) is 1. The largest absolute Gasteiger partial charge is 0.393 e. The van der Waals surface area contributed by atoms with E-state index in [2.05, 4.69) is 20.8 Å². The molecule has 0 aliphatic heterocycles. The van der Waals surface area contributed by atoms with Crippen LogP contribution in [0.2, 0.25) is 0 Å². The van der Waals surface area contributed by atoms with Gasteiger partial charge in [0, 0.05) is 0 Å². The Balaban J connectivity index is 2.18. The van der Waals surface area contributed by atoms with Crippen molar-refractivity contribution in [3.8, 4) is 0 Å². The first kappa shape index (κ1) is 9.51. The van der Waals surface area contributed by atoms with Gasteiger partial charge in [-0.25, -0.2) is 0 Å². The second-order valence-corrected chi connectivity index (χ2v) is 5.59. The Bertz CT molecular complexity index is 197. The molecule has 2 aliphatic rings. The summed E-state index contributed by atoms with van der Waals surface area (Å²) in [6.07, 6.45) is 5.04. The summed E-state index contributed by atoms with van der Waals surface area (Å²) >= 11 is 0. The first-order chi connectivity index (χ1) is 6.07. The van der Waals surface area contributed by atoms with Gasteiger partial charge in [-0.05, 0) is 48.9 Å². The fourth-order valence-corrected chi connectivity index (χ4v) is 3.96. The molecule has 2 rings (SSSR count). The fourth-order valence-electron chi connectivity index (χ4n) is 3.96. The van der Waals surface area contributed by atoms with E-state index in [0.29, 0.717) is 11.3 Å². The average molecular weight is 182 g/mol. The molecule has 0 aromatic heterocycles. The van der Waals surface area contributed by atoms with E-state index in [1.54, 1.807) is 0 Å². The lowest BCUT2D eigenvalue weighted by atomic mass is 9.66. The average Bonchev–Trinajstić information content (AvgIpc) is 2.60. The molecule has 13 heavy (non-hydrogen) atoms. The Kier molecular flexibility index (Phi) is 2.18. The highest BCUT2D eigenvalue weighted by molar-refractivity contribution is 5.03. The third-order valence-electron chi connectivity index (χ3n) is 4.73. The summed E-state index contributed by atoms with van der Waals surface area (Å²) < 4.78 is 0. The number of hydrogen-bond acceptors (Lipinski definition) is 1. The minimum atomic E-state index is -0.0506. The zero-order valence-electron chi connectivity index (χ0n) is 9.09.